The lowest BCUT2D eigenvalue weighted by molar-refractivity contribution is -0.671. The van der Waals surface area contributed by atoms with Crippen LogP contribution in [0.2, 0.25) is 0 Å². The lowest BCUT2D eigenvalue weighted by Crippen LogP contribution is -2.42. The van der Waals surface area contributed by atoms with E-state index in [0.717, 1.165) is 0 Å². The molecule has 0 spiro atoms. The number of aryl methyl sites for hydroxylation is 1. The molecule has 1 aromatic rings. The van der Waals surface area contributed by atoms with Crippen LogP contribution in [0.25, 0.3) is 0 Å². The van der Waals surface area contributed by atoms with Crippen molar-refractivity contribution in [3.63, 3.8) is 0 Å². The molecule has 5 nitrogen and oxygen atoms in total. The number of aromatic nitrogens is 2. The van der Waals surface area contributed by atoms with Crippen molar-refractivity contribution in [2.24, 2.45) is 7.05 Å². The van der Waals surface area contributed by atoms with Gasteiger partial charge in [0.15, 0.2) is 6.54 Å². The van der Waals surface area contributed by atoms with Crippen LogP contribution in [0, 0.1) is 0 Å². The fraction of sp³-hybridized carbons (Fsp3) is 0.600. The van der Waals surface area contributed by atoms with Crippen LogP contribution >= 0.6 is 0 Å². The Balaban J connectivity index is 1.91. The molecule has 0 unspecified atom stereocenters. The minimum absolute atomic E-state index is 0.162. The van der Waals surface area contributed by atoms with Gasteiger partial charge in [-0.3, -0.25) is 4.79 Å². The van der Waals surface area contributed by atoms with Crippen LogP contribution in [-0.2, 0) is 23.1 Å². The molecule has 1 amide bonds. The van der Waals surface area contributed by atoms with Crippen molar-refractivity contribution in [2.45, 2.75) is 6.54 Å². The quantitative estimate of drug-likeness (QED) is 0.598. The average molecular weight is 210 g/mol. The molecule has 0 atom stereocenters. The number of rotatable bonds is 2. The van der Waals surface area contributed by atoms with Crippen LogP contribution in [0.15, 0.2) is 18.7 Å². The number of ether oxygens (including phenoxy) is 1. The van der Waals surface area contributed by atoms with Gasteiger partial charge in [0, 0.05) is 13.1 Å². The van der Waals surface area contributed by atoms with E-state index in [1.165, 1.54) is 0 Å². The highest BCUT2D eigenvalue weighted by molar-refractivity contribution is 5.76. The van der Waals surface area contributed by atoms with Crippen molar-refractivity contribution in [3.05, 3.63) is 18.7 Å². The van der Waals surface area contributed by atoms with Crippen LogP contribution in [0.3, 0.4) is 0 Å². The molecule has 15 heavy (non-hydrogen) atoms. The summed E-state index contributed by atoms with van der Waals surface area (Å²) >= 11 is 0. The molecule has 0 N–H and O–H groups in total. The third-order valence-corrected chi connectivity index (χ3v) is 2.51. The van der Waals surface area contributed by atoms with E-state index in [2.05, 4.69) is 0 Å². The monoisotopic (exact) mass is 210 g/mol. The fourth-order valence-electron chi connectivity index (χ4n) is 1.66. The second-order valence-corrected chi connectivity index (χ2v) is 3.74. The smallest absolute Gasteiger partial charge is 0.264 e. The van der Waals surface area contributed by atoms with Crippen molar-refractivity contribution in [2.75, 3.05) is 26.3 Å². The predicted molar refractivity (Wildman–Crippen MR) is 53.0 cm³/mol. The maximum Gasteiger partial charge on any atom is 0.264 e. The summed E-state index contributed by atoms with van der Waals surface area (Å²) in [5, 5.41) is 0. The zero-order chi connectivity index (χ0) is 10.7. The van der Waals surface area contributed by atoms with E-state index in [4.69, 9.17) is 4.74 Å². The number of hydrogen-bond acceptors (Lipinski definition) is 2. The van der Waals surface area contributed by atoms with Crippen molar-refractivity contribution >= 4 is 5.91 Å². The second-order valence-electron chi connectivity index (χ2n) is 3.74. The van der Waals surface area contributed by atoms with Crippen molar-refractivity contribution < 1.29 is 14.1 Å². The third-order valence-electron chi connectivity index (χ3n) is 2.51. The van der Waals surface area contributed by atoms with Gasteiger partial charge < -0.3 is 9.64 Å². The van der Waals surface area contributed by atoms with Gasteiger partial charge in [-0.1, -0.05) is 0 Å². The van der Waals surface area contributed by atoms with E-state index in [1.807, 2.05) is 39.8 Å². The number of amides is 1. The van der Waals surface area contributed by atoms with E-state index in [-0.39, 0.29) is 5.91 Å². The number of carbonyl (C=O) groups is 1. The highest BCUT2D eigenvalue weighted by Gasteiger charge is 2.18. The molecule has 1 aliphatic heterocycles. The van der Waals surface area contributed by atoms with E-state index >= 15 is 0 Å². The Morgan fingerprint density at radius 1 is 1.47 bits per heavy atom. The Hall–Kier alpha value is -1.36. The van der Waals surface area contributed by atoms with Gasteiger partial charge in [0.2, 0.25) is 6.33 Å². The highest BCUT2D eigenvalue weighted by Crippen LogP contribution is 1.99. The number of carbonyl (C=O) groups excluding carboxylic acids is 1. The molecule has 0 aromatic carbocycles. The van der Waals surface area contributed by atoms with E-state index in [9.17, 15) is 4.79 Å². The number of imidazole rings is 1. The molecule has 0 aliphatic carbocycles. The molecule has 2 heterocycles. The Bertz CT molecular complexity index is 342. The summed E-state index contributed by atoms with van der Waals surface area (Å²) in [4.78, 5) is 13.7. The van der Waals surface area contributed by atoms with Gasteiger partial charge in [-0.2, -0.15) is 0 Å². The topological polar surface area (TPSA) is 38.3 Å². The zero-order valence-electron chi connectivity index (χ0n) is 8.93. The van der Waals surface area contributed by atoms with Crippen molar-refractivity contribution in [1.29, 1.82) is 0 Å². The summed E-state index contributed by atoms with van der Waals surface area (Å²) < 4.78 is 9.01. The van der Waals surface area contributed by atoms with Crippen LogP contribution in [0.1, 0.15) is 0 Å². The molecule has 82 valence electrons. The van der Waals surface area contributed by atoms with Gasteiger partial charge in [0.05, 0.1) is 20.3 Å². The van der Waals surface area contributed by atoms with Gasteiger partial charge in [-0.25, -0.2) is 9.13 Å². The molecule has 1 aromatic heterocycles. The van der Waals surface area contributed by atoms with E-state index in [1.54, 1.807) is 0 Å². The Labute approximate surface area is 88.9 Å². The van der Waals surface area contributed by atoms with Crippen LogP contribution in [-0.4, -0.2) is 41.7 Å². The molecule has 1 saturated heterocycles. The summed E-state index contributed by atoms with van der Waals surface area (Å²) in [6, 6.07) is 0. The highest BCUT2D eigenvalue weighted by atomic mass is 16.5. The summed E-state index contributed by atoms with van der Waals surface area (Å²) in [5.41, 5.74) is 0. The van der Waals surface area contributed by atoms with Crippen LogP contribution < -0.4 is 4.57 Å². The fourth-order valence-corrected chi connectivity index (χ4v) is 1.66. The maximum absolute atomic E-state index is 11.8. The van der Waals surface area contributed by atoms with Gasteiger partial charge >= 0.3 is 0 Å². The van der Waals surface area contributed by atoms with Crippen molar-refractivity contribution in [1.82, 2.24) is 9.47 Å². The third kappa shape index (κ3) is 2.56. The molecule has 1 aliphatic rings. The van der Waals surface area contributed by atoms with Crippen LogP contribution in [0.4, 0.5) is 0 Å². The van der Waals surface area contributed by atoms with E-state index in [0.29, 0.717) is 32.8 Å². The SMILES string of the molecule is C[n+]1ccn(CC(=O)N2CCOCC2)c1. The standard InChI is InChI=1S/C10H16N3O2/c1-11-2-3-12(9-11)8-10(14)13-4-6-15-7-5-13/h2-3,9H,4-8H2,1H3/q+1. The molecular formula is C10H16N3O2+. The molecule has 0 saturated carbocycles. The summed E-state index contributed by atoms with van der Waals surface area (Å²) in [6.07, 6.45) is 5.73. The van der Waals surface area contributed by atoms with Gasteiger partial charge in [-0.05, 0) is 0 Å². The molecule has 1 fully saturated rings. The maximum atomic E-state index is 11.8. The average Bonchev–Trinajstić information content (AvgIpc) is 2.65. The van der Waals surface area contributed by atoms with E-state index < -0.39 is 0 Å². The largest absolute Gasteiger partial charge is 0.378 e. The summed E-state index contributed by atoms with van der Waals surface area (Å²) in [6.45, 7) is 3.16. The molecular weight excluding hydrogens is 194 g/mol. The first-order chi connectivity index (χ1) is 7.25. The Morgan fingerprint density at radius 2 is 2.20 bits per heavy atom. The normalized spacial score (nSPS) is 16.7. The van der Waals surface area contributed by atoms with Gasteiger partial charge in [-0.15, -0.1) is 0 Å². The first-order valence-corrected chi connectivity index (χ1v) is 5.12. The minimum atomic E-state index is 0.162. The number of morpholine rings is 1. The number of hydrogen-bond donors (Lipinski definition) is 0. The first kappa shape index (κ1) is 10.2. The lowest BCUT2D eigenvalue weighted by Gasteiger charge is -2.26. The molecule has 5 heteroatoms. The molecule has 0 radical (unpaired) electrons. The first-order valence-electron chi connectivity index (χ1n) is 5.12. The van der Waals surface area contributed by atoms with Crippen LogP contribution in [0.5, 0.6) is 0 Å². The molecule has 0 bridgehead atoms. The van der Waals surface area contributed by atoms with Crippen molar-refractivity contribution in [3.8, 4) is 0 Å². The second kappa shape index (κ2) is 4.44. The zero-order valence-corrected chi connectivity index (χ0v) is 8.93. The minimum Gasteiger partial charge on any atom is -0.378 e. The molecule has 2 rings (SSSR count). The number of nitrogens with zero attached hydrogens (tertiary/aromatic N) is 3. The Kier molecular flexibility index (Phi) is 3.01. The van der Waals surface area contributed by atoms with Gasteiger partial charge in [0.1, 0.15) is 12.4 Å². The predicted octanol–water partition coefficient (Wildman–Crippen LogP) is -0.829. The summed E-state index contributed by atoms with van der Waals surface area (Å²) in [5.74, 6) is 0.162. The summed E-state index contributed by atoms with van der Waals surface area (Å²) in [7, 11) is 1.94. The lowest BCUT2D eigenvalue weighted by atomic mass is 10.4. The van der Waals surface area contributed by atoms with Gasteiger partial charge in [0.25, 0.3) is 5.91 Å². The Morgan fingerprint density at radius 3 is 2.80 bits per heavy atom.